The molecule has 8 heteroatoms. The molecule has 0 amide bonds. The lowest BCUT2D eigenvalue weighted by atomic mass is 9.85. The van der Waals surface area contributed by atoms with Crippen LogP contribution in [0.25, 0.3) is 0 Å². The number of nitrogens with two attached hydrogens (primary N) is 1. The Bertz CT molecular complexity index is 685. The van der Waals surface area contributed by atoms with Crippen molar-refractivity contribution in [3.63, 3.8) is 0 Å². The Morgan fingerprint density at radius 1 is 1.41 bits per heavy atom. The van der Waals surface area contributed by atoms with Crippen LogP contribution >= 0.6 is 0 Å². The summed E-state index contributed by atoms with van der Waals surface area (Å²) >= 11 is 0. The van der Waals surface area contributed by atoms with Gasteiger partial charge in [0.05, 0.1) is 12.8 Å². The van der Waals surface area contributed by atoms with Crippen LogP contribution < -0.4 is 11.1 Å². The number of alkyl halides is 2. The van der Waals surface area contributed by atoms with Crippen LogP contribution in [-0.2, 0) is 4.74 Å². The second kappa shape index (κ2) is 9.02. The Kier molecular flexibility index (Phi) is 6.86. The highest BCUT2D eigenvalue weighted by Crippen LogP contribution is 2.29. The minimum absolute atomic E-state index is 0.0108. The lowest BCUT2D eigenvalue weighted by molar-refractivity contribution is -0.00911. The third-order valence-electron chi connectivity index (χ3n) is 6.01. The van der Waals surface area contributed by atoms with Crippen LogP contribution in [0.1, 0.15) is 39.5 Å². The van der Waals surface area contributed by atoms with Crippen molar-refractivity contribution in [3.8, 4) is 0 Å². The molecule has 0 aromatic rings. The predicted molar refractivity (Wildman–Crippen MR) is 112 cm³/mol. The van der Waals surface area contributed by atoms with E-state index in [1.807, 2.05) is 13.8 Å². The first-order valence-corrected chi connectivity index (χ1v) is 10.4. The molecule has 3 rings (SSSR count). The molecule has 2 aliphatic heterocycles. The van der Waals surface area contributed by atoms with Gasteiger partial charge >= 0.3 is 0 Å². The molecule has 0 spiro atoms. The normalized spacial score (nSPS) is 31.3. The number of hydrogen-bond donors (Lipinski definition) is 3. The monoisotopic (exact) mass is 409 g/mol. The lowest BCUT2D eigenvalue weighted by Crippen LogP contribution is -2.55. The van der Waals surface area contributed by atoms with Gasteiger partial charge in [-0.05, 0) is 25.5 Å². The van der Waals surface area contributed by atoms with E-state index in [1.165, 1.54) is 6.08 Å². The summed E-state index contributed by atoms with van der Waals surface area (Å²) in [4.78, 5) is 6.68. The van der Waals surface area contributed by atoms with Crippen LogP contribution in [0.15, 0.2) is 29.3 Å². The standard InChI is InChI=1S/C21H33F2N5O/c1-4-21(23)5-7-28(8-6-21)19-11-17(26-12-27-19)20(25)14-9-18(29-13(2)3)15(22)10-16(14)24/h4,9,13,15,17-18,20,24,26H,1,5-8,10-12,25H2,2-3H3. The number of nitrogens with zero attached hydrogens (tertiary/aromatic N) is 2. The number of piperidine rings is 1. The van der Waals surface area contributed by atoms with Crippen molar-refractivity contribution in [2.45, 2.75) is 75.7 Å². The van der Waals surface area contributed by atoms with Gasteiger partial charge in [0.1, 0.15) is 23.8 Å². The van der Waals surface area contributed by atoms with E-state index in [0.29, 0.717) is 44.6 Å². The molecule has 0 bridgehead atoms. The van der Waals surface area contributed by atoms with Gasteiger partial charge in [-0.25, -0.2) is 8.78 Å². The van der Waals surface area contributed by atoms with Crippen molar-refractivity contribution in [1.82, 2.24) is 10.2 Å². The summed E-state index contributed by atoms with van der Waals surface area (Å²) in [7, 11) is 0. The molecule has 4 atom stereocenters. The first kappa shape index (κ1) is 22.1. The Morgan fingerprint density at radius 3 is 2.72 bits per heavy atom. The van der Waals surface area contributed by atoms with Gasteiger partial charge in [-0.2, -0.15) is 0 Å². The number of nitrogens with one attached hydrogen (secondary N) is 2. The van der Waals surface area contributed by atoms with Gasteiger partial charge in [0, 0.05) is 56.6 Å². The molecule has 1 aliphatic carbocycles. The molecule has 4 unspecified atom stereocenters. The summed E-state index contributed by atoms with van der Waals surface area (Å²) in [6.45, 7) is 8.94. The fourth-order valence-electron chi connectivity index (χ4n) is 4.19. The quantitative estimate of drug-likeness (QED) is 0.609. The van der Waals surface area contributed by atoms with E-state index in [4.69, 9.17) is 15.9 Å². The highest BCUT2D eigenvalue weighted by molar-refractivity contribution is 6.00. The fourth-order valence-corrected chi connectivity index (χ4v) is 4.19. The number of halogens is 2. The number of likely N-dealkylation sites (tertiary alicyclic amines) is 1. The second-order valence-electron chi connectivity index (χ2n) is 8.47. The Labute approximate surface area is 171 Å². The lowest BCUT2D eigenvalue weighted by Gasteiger charge is -2.40. The van der Waals surface area contributed by atoms with Gasteiger partial charge in [-0.15, -0.1) is 0 Å². The number of hydrogen-bond acceptors (Lipinski definition) is 6. The topological polar surface area (TPSA) is 86.7 Å². The first-order valence-electron chi connectivity index (χ1n) is 10.4. The summed E-state index contributed by atoms with van der Waals surface area (Å²) in [5.74, 6) is 0.914. The highest BCUT2D eigenvalue weighted by atomic mass is 19.1. The third-order valence-corrected chi connectivity index (χ3v) is 6.01. The third kappa shape index (κ3) is 5.10. The zero-order valence-corrected chi connectivity index (χ0v) is 17.3. The maximum atomic E-state index is 14.4. The van der Waals surface area contributed by atoms with Crippen LogP contribution in [0.2, 0.25) is 0 Å². The van der Waals surface area contributed by atoms with E-state index in [-0.39, 0.29) is 24.3 Å². The minimum Gasteiger partial charge on any atom is -0.368 e. The number of rotatable bonds is 5. The Balaban J connectivity index is 1.67. The summed E-state index contributed by atoms with van der Waals surface area (Å²) in [6.07, 6.45) is 2.48. The van der Waals surface area contributed by atoms with Crippen molar-refractivity contribution >= 4 is 11.5 Å². The molecule has 3 aliphatic rings. The molecule has 29 heavy (non-hydrogen) atoms. The maximum absolute atomic E-state index is 14.4. The summed E-state index contributed by atoms with van der Waals surface area (Å²) in [5.41, 5.74) is 6.08. The zero-order chi connectivity index (χ0) is 21.2. The average Bonchev–Trinajstić information content (AvgIpc) is 2.70. The van der Waals surface area contributed by atoms with E-state index in [0.717, 1.165) is 5.84 Å². The molecule has 0 saturated carbocycles. The molecule has 6 nitrogen and oxygen atoms in total. The summed E-state index contributed by atoms with van der Waals surface area (Å²) < 4.78 is 34.4. The molecule has 0 aromatic carbocycles. The fraction of sp³-hybridized carbons (Fsp3) is 0.714. The molecule has 0 radical (unpaired) electrons. The van der Waals surface area contributed by atoms with Crippen molar-refractivity contribution < 1.29 is 13.5 Å². The summed E-state index contributed by atoms with van der Waals surface area (Å²) in [5, 5.41) is 11.5. The van der Waals surface area contributed by atoms with Gasteiger partial charge in [-0.1, -0.05) is 12.7 Å². The van der Waals surface area contributed by atoms with E-state index in [2.05, 4.69) is 21.8 Å². The van der Waals surface area contributed by atoms with Crippen LogP contribution in [0.4, 0.5) is 8.78 Å². The predicted octanol–water partition coefficient (Wildman–Crippen LogP) is 2.50. The minimum atomic E-state index is -1.30. The van der Waals surface area contributed by atoms with E-state index in [9.17, 15) is 8.78 Å². The van der Waals surface area contributed by atoms with Crippen LogP contribution in [0, 0.1) is 5.41 Å². The highest BCUT2D eigenvalue weighted by Gasteiger charge is 2.37. The number of aliphatic imine (C=N–C) groups is 1. The molecule has 1 fully saturated rings. The smallest absolute Gasteiger partial charge is 0.135 e. The summed E-state index contributed by atoms with van der Waals surface area (Å²) in [6, 6.07) is -0.585. The van der Waals surface area contributed by atoms with Gasteiger partial charge in [0.2, 0.25) is 0 Å². The maximum Gasteiger partial charge on any atom is 0.135 e. The van der Waals surface area contributed by atoms with Crippen LogP contribution in [-0.4, -0.2) is 72.3 Å². The van der Waals surface area contributed by atoms with Gasteiger partial charge in [-0.3, -0.25) is 10.3 Å². The van der Waals surface area contributed by atoms with Crippen molar-refractivity contribution in [1.29, 1.82) is 5.41 Å². The van der Waals surface area contributed by atoms with Crippen molar-refractivity contribution in [2.24, 2.45) is 10.7 Å². The van der Waals surface area contributed by atoms with Crippen LogP contribution in [0.5, 0.6) is 0 Å². The largest absolute Gasteiger partial charge is 0.368 e. The first-order chi connectivity index (χ1) is 13.7. The van der Waals surface area contributed by atoms with Gasteiger partial charge < -0.3 is 20.8 Å². The number of ether oxygens (including phenoxy) is 1. The SMILES string of the molecule is C=CC1(F)CCN(C2=NCNC(C(N)C3=CC(OC(C)C)C(F)CC3=N)C2)CC1. The number of allylic oxidation sites excluding steroid dienone is 1. The van der Waals surface area contributed by atoms with Crippen LogP contribution in [0.3, 0.4) is 0 Å². The van der Waals surface area contributed by atoms with Crippen molar-refractivity contribution in [3.05, 3.63) is 24.3 Å². The molecular formula is C21H33F2N5O. The molecule has 2 heterocycles. The average molecular weight is 410 g/mol. The second-order valence-corrected chi connectivity index (χ2v) is 8.47. The molecule has 162 valence electrons. The van der Waals surface area contributed by atoms with E-state index >= 15 is 0 Å². The Hall–Kier alpha value is -1.64. The molecule has 0 aromatic heterocycles. The Morgan fingerprint density at radius 2 is 2.10 bits per heavy atom. The molecular weight excluding hydrogens is 376 g/mol. The van der Waals surface area contributed by atoms with Gasteiger partial charge in [0.15, 0.2) is 0 Å². The van der Waals surface area contributed by atoms with E-state index < -0.39 is 24.0 Å². The van der Waals surface area contributed by atoms with Gasteiger partial charge in [0.25, 0.3) is 0 Å². The van der Waals surface area contributed by atoms with Crippen molar-refractivity contribution in [2.75, 3.05) is 19.8 Å². The molecule has 4 N–H and O–H groups in total. The number of amidine groups is 1. The zero-order valence-electron chi connectivity index (χ0n) is 17.3. The van der Waals surface area contributed by atoms with E-state index in [1.54, 1.807) is 6.08 Å². The molecule has 1 saturated heterocycles.